The van der Waals surface area contributed by atoms with E-state index in [1.54, 1.807) is 13.4 Å². The molecule has 0 atom stereocenters. The molecule has 0 aliphatic rings. The van der Waals surface area contributed by atoms with Crippen molar-refractivity contribution in [1.82, 2.24) is 9.97 Å². The minimum atomic E-state index is -0.0490. The number of methoxy groups -OCH3 is 1. The number of fused-ring (bicyclic) bond motifs is 1. The van der Waals surface area contributed by atoms with E-state index in [-0.39, 0.29) is 11.5 Å². The summed E-state index contributed by atoms with van der Waals surface area (Å²) in [4.78, 5) is 8.79. The molecule has 1 heterocycles. The second kappa shape index (κ2) is 5.27. The van der Waals surface area contributed by atoms with Gasteiger partial charge in [0.15, 0.2) is 11.5 Å². The Morgan fingerprint density at radius 1 is 1.05 bits per heavy atom. The Hall–Kier alpha value is -1.84. The lowest BCUT2D eigenvalue weighted by atomic mass is 9.89. The van der Waals surface area contributed by atoms with Crippen molar-refractivity contribution in [2.24, 2.45) is 0 Å². The molecule has 4 nitrogen and oxygen atoms in total. The van der Waals surface area contributed by atoms with Crippen LogP contribution in [0.2, 0.25) is 0 Å². The lowest BCUT2D eigenvalue weighted by Gasteiger charge is -2.20. The van der Waals surface area contributed by atoms with Gasteiger partial charge < -0.3 is 9.47 Å². The van der Waals surface area contributed by atoms with Gasteiger partial charge in [-0.3, -0.25) is 0 Å². The highest BCUT2D eigenvalue weighted by Gasteiger charge is 2.20. The molecule has 108 valence electrons. The van der Waals surface area contributed by atoms with Crippen LogP contribution in [0.5, 0.6) is 11.5 Å². The fourth-order valence-electron chi connectivity index (χ4n) is 2.17. The molecule has 0 aliphatic heterocycles. The molecule has 4 heteroatoms. The van der Waals surface area contributed by atoms with Crippen molar-refractivity contribution in [2.45, 2.75) is 46.1 Å². The Balaban J connectivity index is 2.67. The molecular formula is C16H22N2O2. The van der Waals surface area contributed by atoms with Crippen LogP contribution in [0.4, 0.5) is 0 Å². The molecule has 0 saturated heterocycles. The first-order valence-corrected chi connectivity index (χ1v) is 6.83. The molecule has 1 aromatic heterocycles. The number of benzene rings is 1. The van der Waals surface area contributed by atoms with Crippen molar-refractivity contribution in [3.05, 3.63) is 24.2 Å². The van der Waals surface area contributed by atoms with Crippen LogP contribution >= 0.6 is 0 Å². The summed E-state index contributed by atoms with van der Waals surface area (Å²) in [7, 11) is 1.65. The highest BCUT2D eigenvalue weighted by atomic mass is 16.5. The maximum atomic E-state index is 5.78. The van der Waals surface area contributed by atoms with Gasteiger partial charge in [-0.2, -0.15) is 0 Å². The molecule has 2 rings (SSSR count). The summed E-state index contributed by atoms with van der Waals surface area (Å²) < 4.78 is 11.2. The molecule has 0 radical (unpaired) electrons. The quantitative estimate of drug-likeness (QED) is 0.855. The van der Waals surface area contributed by atoms with Crippen LogP contribution in [0.15, 0.2) is 18.5 Å². The smallest absolute Gasteiger partial charge is 0.163 e. The molecule has 0 saturated carbocycles. The zero-order valence-electron chi connectivity index (χ0n) is 13.0. The van der Waals surface area contributed by atoms with Crippen LogP contribution in [-0.4, -0.2) is 23.2 Å². The molecular weight excluding hydrogens is 252 g/mol. The highest BCUT2D eigenvalue weighted by Crippen LogP contribution is 2.35. The van der Waals surface area contributed by atoms with Gasteiger partial charge in [0.1, 0.15) is 6.33 Å². The van der Waals surface area contributed by atoms with Gasteiger partial charge >= 0.3 is 0 Å². The maximum Gasteiger partial charge on any atom is 0.163 e. The van der Waals surface area contributed by atoms with Crippen molar-refractivity contribution in [3.63, 3.8) is 0 Å². The lowest BCUT2D eigenvalue weighted by Crippen LogP contribution is -2.14. The third kappa shape index (κ3) is 2.84. The molecule has 20 heavy (non-hydrogen) atoms. The third-order valence-corrected chi connectivity index (χ3v) is 2.99. The van der Waals surface area contributed by atoms with Gasteiger partial charge in [-0.1, -0.05) is 20.8 Å². The summed E-state index contributed by atoms with van der Waals surface area (Å²) in [6.07, 6.45) is 1.69. The van der Waals surface area contributed by atoms with Crippen molar-refractivity contribution in [3.8, 4) is 11.5 Å². The number of ether oxygens (including phenoxy) is 2. The van der Waals surface area contributed by atoms with Gasteiger partial charge in [-0.15, -0.1) is 0 Å². The average Bonchev–Trinajstić information content (AvgIpc) is 2.35. The Morgan fingerprint density at radius 2 is 1.75 bits per heavy atom. The third-order valence-electron chi connectivity index (χ3n) is 2.99. The van der Waals surface area contributed by atoms with E-state index in [0.717, 1.165) is 16.6 Å². The van der Waals surface area contributed by atoms with Crippen molar-refractivity contribution in [1.29, 1.82) is 0 Å². The zero-order valence-corrected chi connectivity index (χ0v) is 13.0. The van der Waals surface area contributed by atoms with Crippen LogP contribution in [0.25, 0.3) is 10.9 Å². The monoisotopic (exact) mass is 274 g/mol. The Morgan fingerprint density at radius 3 is 2.30 bits per heavy atom. The predicted molar refractivity (Wildman–Crippen MR) is 80.6 cm³/mol. The minimum absolute atomic E-state index is 0.0490. The SMILES string of the molecule is COc1cc2c(C(C)(C)C)ncnc2cc1OC(C)C. The van der Waals surface area contributed by atoms with Gasteiger partial charge in [0.25, 0.3) is 0 Å². The standard InChI is InChI=1S/C16H22N2O2/c1-10(2)20-14-8-12-11(7-13(14)19-6)15(16(3,4)5)18-9-17-12/h7-10H,1-6H3. The normalized spacial score (nSPS) is 11.9. The van der Waals surface area contributed by atoms with Crippen molar-refractivity contribution >= 4 is 10.9 Å². The fourth-order valence-corrected chi connectivity index (χ4v) is 2.17. The zero-order chi connectivity index (χ0) is 14.9. The van der Waals surface area contributed by atoms with E-state index in [2.05, 4.69) is 30.7 Å². The van der Waals surface area contributed by atoms with Gasteiger partial charge in [0.05, 0.1) is 24.4 Å². The van der Waals surface area contributed by atoms with Gasteiger partial charge in [-0.05, 0) is 19.9 Å². The molecule has 0 unspecified atom stereocenters. The summed E-state index contributed by atoms with van der Waals surface area (Å²) in [5, 5.41) is 1.01. The van der Waals surface area contributed by atoms with Crippen LogP contribution in [0.1, 0.15) is 40.3 Å². The number of nitrogens with zero attached hydrogens (tertiary/aromatic N) is 2. The average molecular weight is 274 g/mol. The molecule has 0 spiro atoms. The second-order valence-corrected chi connectivity index (χ2v) is 6.16. The first-order valence-electron chi connectivity index (χ1n) is 6.83. The molecule has 1 aromatic carbocycles. The van der Waals surface area contributed by atoms with E-state index < -0.39 is 0 Å². The summed E-state index contributed by atoms with van der Waals surface area (Å²) in [6.45, 7) is 10.4. The first kappa shape index (κ1) is 14.6. The summed E-state index contributed by atoms with van der Waals surface area (Å²) in [5.41, 5.74) is 1.84. The van der Waals surface area contributed by atoms with Gasteiger partial charge in [-0.25, -0.2) is 9.97 Å². The van der Waals surface area contributed by atoms with Gasteiger partial charge in [0, 0.05) is 16.9 Å². The van der Waals surface area contributed by atoms with Crippen LogP contribution in [-0.2, 0) is 5.41 Å². The fraction of sp³-hybridized carbons (Fsp3) is 0.500. The molecule has 2 aromatic rings. The maximum absolute atomic E-state index is 5.78. The second-order valence-electron chi connectivity index (χ2n) is 6.16. The molecule has 0 bridgehead atoms. The molecule has 0 amide bonds. The molecule has 0 N–H and O–H groups in total. The van der Waals surface area contributed by atoms with Crippen LogP contribution in [0, 0.1) is 0 Å². The minimum Gasteiger partial charge on any atom is -0.493 e. The van der Waals surface area contributed by atoms with Crippen LogP contribution < -0.4 is 9.47 Å². The van der Waals surface area contributed by atoms with Gasteiger partial charge in [0.2, 0.25) is 0 Å². The van der Waals surface area contributed by atoms with E-state index in [1.807, 2.05) is 26.0 Å². The number of aromatic nitrogens is 2. The number of rotatable bonds is 3. The molecule has 0 fully saturated rings. The lowest BCUT2D eigenvalue weighted by molar-refractivity contribution is 0.230. The topological polar surface area (TPSA) is 44.2 Å². The number of hydrogen-bond acceptors (Lipinski definition) is 4. The Labute approximate surface area is 120 Å². The van der Waals surface area contributed by atoms with Crippen molar-refractivity contribution < 1.29 is 9.47 Å². The summed E-state index contributed by atoms with van der Waals surface area (Å²) in [6, 6.07) is 3.89. The summed E-state index contributed by atoms with van der Waals surface area (Å²) >= 11 is 0. The van der Waals surface area contributed by atoms with E-state index in [1.165, 1.54) is 0 Å². The van der Waals surface area contributed by atoms with E-state index in [4.69, 9.17) is 9.47 Å². The Kier molecular flexibility index (Phi) is 3.84. The predicted octanol–water partition coefficient (Wildman–Crippen LogP) is 3.72. The van der Waals surface area contributed by atoms with E-state index >= 15 is 0 Å². The molecule has 0 aliphatic carbocycles. The highest BCUT2D eigenvalue weighted by molar-refractivity contribution is 5.85. The van der Waals surface area contributed by atoms with E-state index in [0.29, 0.717) is 11.5 Å². The Bertz CT molecular complexity index is 616. The van der Waals surface area contributed by atoms with Crippen molar-refractivity contribution in [2.75, 3.05) is 7.11 Å². The first-order chi connectivity index (χ1) is 9.32. The van der Waals surface area contributed by atoms with Crippen LogP contribution in [0.3, 0.4) is 0 Å². The van der Waals surface area contributed by atoms with E-state index in [9.17, 15) is 0 Å². The number of hydrogen-bond donors (Lipinski definition) is 0. The summed E-state index contributed by atoms with van der Waals surface area (Å²) in [5.74, 6) is 1.43. The largest absolute Gasteiger partial charge is 0.493 e.